The summed E-state index contributed by atoms with van der Waals surface area (Å²) in [5.41, 5.74) is 8.32. The van der Waals surface area contributed by atoms with E-state index in [2.05, 4.69) is 69.7 Å². The summed E-state index contributed by atoms with van der Waals surface area (Å²) in [5, 5.41) is 7.46. The van der Waals surface area contributed by atoms with E-state index in [1.807, 2.05) is 6.07 Å². The summed E-state index contributed by atoms with van der Waals surface area (Å²) in [7, 11) is 0. The minimum Gasteiger partial charge on any atom is -0.354 e. The molecule has 1 aromatic carbocycles. The lowest BCUT2D eigenvalue weighted by Crippen LogP contribution is -2.53. The van der Waals surface area contributed by atoms with Crippen LogP contribution in [0.2, 0.25) is 0 Å². The fourth-order valence-electron chi connectivity index (χ4n) is 5.02. The molecule has 1 saturated heterocycles. The van der Waals surface area contributed by atoms with Crippen molar-refractivity contribution >= 4 is 24.4 Å². The van der Waals surface area contributed by atoms with Crippen LogP contribution in [0.5, 0.6) is 0 Å². The Kier molecular flexibility index (Phi) is 7.20. The van der Waals surface area contributed by atoms with Crippen molar-refractivity contribution < 1.29 is 4.79 Å². The third-order valence-corrected chi connectivity index (χ3v) is 6.93. The average Bonchev–Trinajstić information content (AvgIpc) is 3.21. The molecule has 0 bridgehead atoms. The van der Waals surface area contributed by atoms with Crippen LogP contribution in [-0.2, 0) is 4.79 Å². The van der Waals surface area contributed by atoms with Crippen molar-refractivity contribution in [2.75, 3.05) is 37.0 Å². The SMILES string of the molecule is Cc1cc(N2CCN(C3CCC([C@H](N)C(=O)NCS)CC3)CC2)n(-c2ccccc2)n1. The molecular weight excluding hydrogens is 408 g/mol. The molecule has 2 aliphatic rings. The van der Waals surface area contributed by atoms with Gasteiger partial charge in [-0.15, -0.1) is 0 Å². The second-order valence-corrected chi connectivity index (χ2v) is 9.02. The second-order valence-electron chi connectivity index (χ2n) is 8.71. The van der Waals surface area contributed by atoms with E-state index in [1.165, 1.54) is 5.82 Å². The third kappa shape index (κ3) is 5.07. The Balaban J connectivity index is 1.32. The number of hydrogen-bond acceptors (Lipinski definition) is 6. The van der Waals surface area contributed by atoms with Gasteiger partial charge < -0.3 is 16.0 Å². The maximum Gasteiger partial charge on any atom is 0.237 e. The fraction of sp³-hybridized carbons (Fsp3) is 0.565. The Morgan fingerprint density at radius 2 is 1.84 bits per heavy atom. The molecule has 0 unspecified atom stereocenters. The number of piperazine rings is 1. The summed E-state index contributed by atoms with van der Waals surface area (Å²) in [6, 6.07) is 12.7. The number of nitrogens with two attached hydrogens (primary N) is 1. The van der Waals surface area contributed by atoms with Gasteiger partial charge in [0.1, 0.15) is 5.82 Å². The van der Waals surface area contributed by atoms with Crippen LogP contribution < -0.4 is 16.0 Å². The van der Waals surface area contributed by atoms with Gasteiger partial charge in [-0.2, -0.15) is 17.7 Å². The summed E-state index contributed by atoms with van der Waals surface area (Å²) in [6.07, 6.45) is 4.28. The Bertz CT molecular complexity index is 856. The quantitative estimate of drug-likeness (QED) is 0.472. The van der Waals surface area contributed by atoms with Crippen LogP contribution in [0, 0.1) is 12.8 Å². The van der Waals surface area contributed by atoms with Gasteiger partial charge in [-0.05, 0) is 50.7 Å². The van der Waals surface area contributed by atoms with Crippen LogP contribution in [-0.4, -0.2) is 64.7 Å². The van der Waals surface area contributed by atoms with Gasteiger partial charge >= 0.3 is 0 Å². The summed E-state index contributed by atoms with van der Waals surface area (Å²) in [4.78, 5) is 17.1. The molecule has 1 atom stereocenters. The highest BCUT2D eigenvalue weighted by Crippen LogP contribution is 2.31. The van der Waals surface area contributed by atoms with Crippen molar-refractivity contribution in [2.24, 2.45) is 11.7 Å². The molecule has 31 heavy (non-hydrogen) atoms. The molecule has 1 aromatic heterocycles. The van der Waals surface area contributed by atoms with E-state index in [9.17, 15) is 4.79 Å². The minimum absolute atomic E-state index is 0.0719. The predicted molar refractivity (Wildman–Crippen MR) is 128 cm³/mol. The lowest BCUT2D eigenvalue weighted by molar-refractivity contribution is -0.123. The molecule has 7 nitrogen and oxygen atoms in total. The van der Waals surface area contributed by atoms with Gasteiger partial charge in [0.15, 0.2) is 0 Å². The molecule has 1 aliphatic carbocycles. The van der Waals surface area contributed by atoms with Gasteiger partial charge in [-0.3, -0.25) is 9.69 Å². The van der Waals surface area contributed by atoms with Crippen LogP contribution in [0.1, 0.15) is 31.4 Å². The summed E-state index contributed by atoms with van der Waals surface area (Å²) in [5.74, 6) is 1.72. The average molecular weight is 443 g/mol. The van der Waals surface area contributed by atoms with Gasteiger partial charge in [-0.25, -0.2) is 4.68 Å². The van der Waals surface area contributed by atoms with Crippen LogP contribution in [0.25, 0.3) is 5.69 Å². The van der Waals surface area contributed by atoms with E-state index in [-0.39, 0.29) is 11.8 Å². The normalized spacial score (nSPS) is 23.5. The topological polar surface area (TPSA) is 79.4 Å². The van der Waals surface area contributed by atoms with Crippen molar-refractivity contribution in [1.82, 2.24) is 20.0 Å². The molecule has 0 spiro atoms. The molecule has 0 radical (unpaired) electrons. The lowest BCUT2D eigenvalue weighted by atomic mass is 9.81. The molecule has 3 N–H and O–H groups in total. The van der Waals surface area contributed by atoms with Gasteiger partial charge in [0.25, 0.3) is 0 Å². The number of para-hydroxylation sites is 1. The Morgan fingerprint density at radius 3 is 2.48 bits per heavy atom. The van der Waals surface area contributed by atoms with E-state index < -0.39 is 6.04 Å². The van der Waals surface area contributed by atoms with E-state index in [0.717, 1.165) is 63.2 Å². The summed E-state index contributed by atoms with van der Waals surface area (Å²) >= 11 is 4.06. The Morgan fingerprint density at radius 1 is 1.16 bits per heavy atom. The number of hydrogen-bond donors (Lipinski definition) is 3. The van der Waals surface area contributed by atoms with Crippen LogP contribution in [0.3, 0.4) is 0 Å². The molecule has 4 rings (SSSR count). The highest BCUT2D eigenvalue weighted by molar-refractivity contribution is 7.80. The second kappa shape index (κ2) is 10.1. The number of carbonyl (C=O) groups excluding carboxylic acids is 1. The fourth-order valence-corrected chi connectivity index (χ4v) is 5.18. The third-order valence-electron chi connectivity index (χ3n) is 6.77. The van der Waals surface area contributed by atoms with Gasteiger partial charge in [0, 0.05) is 38.3 Å². The number of benzene rings is 1. The van der Waals surface area contributed by atoms with Gasteiger partial charge in [-0.1, -0.05) is 18.2 Å². The minimum atomic E-state index is -0.411. The van der Waals surface area contributed by atoms with Crippen molar-refractivity contribution in [3.05, 3.63) is 42.1 Å². The molecule has 1 saturated carbocycles. The van der Waals surface area contributed by atoms with E-state index in [4.69, 9.17) is 10.8 Å². The molecule has 1 aliphatic heterocycles. The highest BCUT2D eigenvalue weighted by Gasteiger charge is 2.33. The zero-order chi connectivity index (χ0) is 21.8. The summed E-state index contributed by atoms with van der Waals surface area (Å²) < 4.78 is 2.06. The van der Waals surface area contributed by atoms with Crippen molar-refractivity contribution in [2.45, 2.75) is 44.7 Å². The van der Waals surface area contributed by atoms with Crippen molar-refractivity contribution in [1.29, 1.82) is 0 Å². The summed E-state index contributed by atoms with van der Waals surface area (Å²) in [6.45, 7) is 6.17. The van der Waals surface area contributed by atoms with Crippen molar-refractivity contribution in [3.63, 3.8) is 0 Å². The largest absolute Gasteiger partial charge is 0.354 e. The van der Waals surface area contributed by atoms with E-state index in [0.29, 0.717) is 11.9 Å². The number of thiol groups is 1. The molecule has 168 valence electrons. The molecular formula is C23H34N6OS. The van der Waals surface area contributed by atoms with Crippen LogP contribution in [0.4, 0.5) is 5.82 Å². The lowest BCUT2D eigenvalue weighted by Gasteiger charge is -2.43. The number of rotatable bonds is 6. The van der Waals surface area contributed by atoms with Gasteiger partial charge in [0.2, 0.25) is 5.91 Å². The highest BCUT2D eigenvalue weighted by atomic mass is 32.1. The number of carbonyl (C=O) groups is 1. The maximum atomic E-state index is 12.0. The maximum absolute atomic E-state index is 12.0. The van der Waals surface area contributed by atoms with Crippen LogP contribution >= 0.6 is 12.6 Å². The number of nitrogens with one attached hydrogen (secondary N) is 1. The number of anilines is 1. The number of amides is 1. The molecule has 2 heterocycles. The number of aromatic nitrogens is 2. The number of aryl methyl sites for hydroxylation is 1. The smallest absolute Gasteiger partial charge is 0.237 e. The molecule has 8 heteroatoms. The molecule has 2 aromatic rings. The molecule has 1 amide bonds. The first kappa shape index (κ1) is 22.2. The zero-order valence-corrected chi connectivity index (χ0v) is 19.2. The first-order valence-electron chi connectivity index (χ1n) is 11.3. The van der Waals surface area contributed by atoms with Crippen LogP contribution in [0.15, 0.2) is 36.4 Å². The first-order valence-corrected chi connectivity index (χ1v) is 12.0. The van der Waals surface area contributed by atoms with E-state index >= 15 is 0 Å². The monoisotopic (exact) mass is 442 g/mol. The van der Waals surface area contributed by atoms with Crippen molar-refractivity contribution in [3.8, 4) is 5.69 Å². The zero-order valence-electron chi connectivity index (χ0n) is 18.3. The standard InChI is InChI=1S/C23H34N6OS/c1-17-15-21(29(26-17)20-5-3-2-4-6-20)28-13-11-27(12-14-28)19-9-7-18(8-10-19)22(24)23(30)25-16-31/h2-6,15,18-19,22,31H,7-14,16,24H2,1H3,(H,25,30)/t18?,19?,22-/m0/s1. The van der Waals surface area contributed by atoms with Gasteiger partial charge in [0.05, 0.1) is 23.3 Å². The van der Waals surface area contributed by atoms with E-state index in [1.54, 1.807) is 0 Å². The predicted octanol–water partition coefficient (Wildman–Crippen LogP) is 2.19. The Hall–Kier alpha value is -2.03. The first-order chi connectivity index (χ1) is 15.1. The molecule has 2 fully saturated rings. The number of nitrogens with zero attached hydrogens (tertiary/aromatic N) is 4. The Labute approximate surface area is 190 Å².